The minimum atomic E-state index is 0.293. The van der Waals surface area contributed by atoms with Crippen LogP contribution in [-0.4, -0.2) is 38.9 Å². The third kappa shape index (κ3) is 4.63. The summed E-state index contributed by atoms with van der Waals surface area (Å²) in [7, 11) is 0. The average Bonchev–Trinajstić information content (AvgIpc) is 3.11. The largest absolute Gasteiger partial charge is 0.343 e. The summed E-state index contributed by atoms with van der Waals surface area (Å²) >= 11 is 1.97. The first-order valence-corrected chi connectivity index (χ1v) is 9.58. The molecule has 0 N–H and O–H groups in total. The number of carbonyl (C=O) groups excluding carboxylic acids is 1. The maximum absolute atomic E-state index is 12.3. The van der Waals surface area contributed by atoms with Crippen LogP contribution in [0.15, 0.2) is 47.6 Å². The Balaban J connectivity index is 1.39. The van der Waals surface area contributed by atoms with Crippen molar-refractivity contribution in [2.24, 2.45) is 0 Å². The van der Waals surface area contributed by atoms with Crippen molar-refractivity contribution in [3.05, 3.63) is 48.3 Å². The molecule has 0 unspecified atom stereocenters. The van der Waals surface area contributed by atoms with Crippen LogP contribution in [0.3, 0.4) is 0 Å². The molecule has 0 atom stereocenters. The molecule has 24 heavy (non-hydrogen) atoms. The fourth-order valence-electron chi connectivity index (χ4n) is 3.07. The van der Waals surface area contributed by atoms with Gasteiger partial charge < -0.3 is 4.90 Å². The Morgan fingerprint density at radius 1 is 1.25 bits per heavy atom. The number of rotatable bonds is 6. The molecule has 128 valence electrons. The van der Waals surface area contributed by atoms with E-state index in [4.69, 9.17) is 0 Å². The summed E-state index contributed by atoms with van der Waals surface area (Å²) in [6.45, 7) is 4.77. The third-order valence-electron chi connectivity index (χ3n) is 4.52. The first-order valence-electron chi connectivity index (χ1n) is 8.70. The van der Waals surface area contributed by atoms with Crippen molar-refractivity contribution < 1.29 is 4.79 Å². The lowest BCUT2D eigenvalue weighted by Crippen LogP contribution is -2.39. The van der Waals surface area contributed by atoms with Gasteiger partial charge >= 0.3 is 0 Å². The zero-order chi connectivity index (χ0) is 16.8. The summed E-state index contributed by atoms with van der Waals surface area (Å²) in [4.78, 5) is 15.8. The summed E-state index contributed by atoms with van der Waals surface area (Å²) in [6, 6.07) is 10.5. The van der Waals surface area contributed by atoms with Crippen molar-refractivity contribution in [2.75, 3.05) is 13.1 Å². The minimum Gasteiger partial charge on any atom is -0.343 e. The second-order valence-corrected chi connectivity index (χ2v) is 7.68. The number of nitrogens with zero attached hydrogens (tertiary/aromatic N) is 3. The van der Waals surface area contributed by atoms with Crippen LogP contribution < -0.4 is 0 Å². The van der Waals surface area contributed by atoms with Gasteiger partial charge in [0.2, 0.25) is 5.91 Å². The predicted molar refractivity (Wildman–Crippen MR) is 98.1 cm³/mol. The van der Waals surface area contributed by atoms with Gasteiger partial charge in [-0.2, -0.15) is 5.10 Å². The van der Waals surface area contributed by atoms with E-state index >= 15 is 0 Å². The van der Waals surface area contributed by atoms with Crippen molar-refractivity contribution in [2.45, 2.75) is 49.3 Å². The molecule has 1 aromatic heterocycles. The number of aryl methyl sites for hydroxylation is 2. The van der Waals surface area contributed by atoms with Crippen molar-refractivity contribution in [3.63, 3.8) is 0 Å². The lowest BCUT2D eigenvalue weighted by Gasteiger charge is -2.32. The monoisotopic (exact) mass is 343 g/mol. The smallest absolute Gasteiger partial charge is 0.222 e. The first kappa shape index (κ1) is 17.1. The van der Waals surface area contributed by atoms with Crippen LogP contribution in [0.25, 0.3) is 0 Å². The number of thioether (sulfide) groups is 1. The molecule has 4 nitrogen and oxygen atoms in total. The first-order chi connectivity index (χ1) is 11.7. The van der Waals surface area contributed by atoms with Crippen LogP contribution in [0, 0.1) is 6.92 Å². The molecule has 0 saturated carbocycles. The fraction of sp³-hybridized carbons (Fsp3) is 0.474. The second kappa shape index (κ2) is 8.38. The van der Waals surface area contributed by atoms with Crippen LogP contribution in [0.4, 0.5) is 0 Å². The van der Waals surface area contributed by atoms with Gasteiger partial charge in [0.25, 0.3) is 0 Å². The molecule has 5 heteroatoms. The van der Waals surface area contributed by atoms with E-state index in [1.165, 1.54) is 10.5 Å². The van der Waals surface area contributed by atoms with E-state index in [0.717, 1.165) is 38.9 Å². The van der Waals surface area contributed by atoms with Crippen LogP contribution in [0.1, 0.15) is 31.2 Å². The van der Waals surface area contributed by atoms with Crippen LogP contribution in [0.5, 0.6) is 0 Å². The Bertz CT molecular complexity index is 648. The van der Waals surface area contributed by atoms with Gasteiger partial charge in [-0.25, -0.2) is 0 Å². The average molecular weight is 343 g/mol. The molecule has 2 heterocycles. The van der Waals surface area contributed by atoms with Crippen LogP contribution in [0.2, 0.25) is 0 Å². The van der Waals surface area contributed by atoms with Gasteiger partial charge in [0.1, 0.15) is 0 Å². The highest BCUT2D eigenvalue weighted by Crippen LogP contribution is 2.32. The van der Waals surface area contributed by atoms with E-state index in [1.54, 1.807) is 6.20 Å². The number of piperidine rings is 1. The fourth-order valence-corrected chi connectivity index (χ4v) is 4.29. The molecule has 1 fully saturated rings. The normalized spacial score (nSPS) is 15.6. The van der Waals surface area contributed by atoms with Crippen molar-refractivity contribution in [1.29, 1.82) is 0 Å². The molecule has 0 bridgehead atoms. The summed E-state index contributed by atoms with van der Waals surface area (Å²) in [5, 5.41) is 4.80. The highest BCUT2D eigenvalue weighted by molar-refractivity contribution is 8.00. The quantitative estimate of drug-likeness (QED) is 0.802. The standard InChI is InChI=1S/C19H25N3OS/c1-16-6-2-3-7-18(16)24-17-9-14-21(15-10-17)19(23)8-4-12-22-13-5-11-20-22/h2-3,5-7,11,13,17H,4,8-10,12,14-15H2,1H3. The van der Waals surface area contributed by atoms with Gasteiger partial charge in [0.15, 0.2) is 0 Å². The SMILES string of the molecule is Cc1ccccc1SC1CCN(C(=O)CCCn2cccn2)CC1. The predicted octanol–water partition coefficient (Wildman–Crippen LogP) is 3.76. The van der Waals surface area contributed by atoms with Crippen molar-refractivity contribution >= 4 is 17.7 Å². The van der Waals surface area contributed by atoms with Gasteiger partial charge in [-0.3, -0.25) is 9.48 Å². The number of aromatic nitrogens is 2. The number of hydrogen-bond acceptors (Lipinski definition) is 3. The maximum Gasteiger partial charge on any atom is 0.222 e. The Labute approximate surface area is 148 Å². The summed E-state index contributed by atoms with van der Waals surface area (Å²) in [6.07, 6.45) is 7.37. The van der Waals surface area contributed by atoms with Gasteiger partial charge in [0.05, 0.1) is 0 Å². The third-order valence-corrected chi connectivity index (χ3v) is 6.04. The molecule has 0 radical (unpaired) electrons. The Kier molecular flexibility index (Phi) is 5.96. The summed E-state index contributed by atoms with van der Waals surface area (Å²) in [5.41, 5.74) is 1.35. The summed E-state index contributed by atoms with van der Waals surface area (Å²) in [5.74, 6) is 0.293. The van der Waals surface area contributed by atoms with Crippen molar-refractivity contribution in [3.8, 4) is 0 Å². The van der Waals surface area contributed by atoms with Gasteiger partial charge in [-0.1, -0.05) is 18.2 Å². The lowest BCUT2D eigenvalue weighted by atomic mass is 10.1. The molecule has 1 amide bonds. The molecular formula is C19H25N3OS. The zero-order valence-corrected chi connectivity index (χ0v) is 15.0. The molecule has 1 saturated heterocycles. The Morgan fingerprint density at radius 2 is 2.04 bits per heavy atom. The number of carbonyl (C=O) groups is 1. The molecule has 2 aromatic rings. The topological polar surface area (TPSA) is 38.1 Å². The van der Waals surface area contributed by atoms with Crippen LogP contribution in [-0.2, 0) is 11.3 Å². The lowest BCUT2D eigenvalue weighted by molar-refractivity contribution is -0.132. The number of likely N-dealkylation sites (tertiary alicyclic amines) is 1. The Morgan fingerprint density at radius 3 is 2.75 bits per heavy atom. The maximum atomic E-state index is 12.3. The molecule has 3 rings (SSSR count). The Hall–Kier alpha value is -1.75. The molecule has 1 aromatic carbocycles. The van der Waals surface area contributed by atoms with E-state index in [0.29, 0.717) is 17.6 Å². The molecule has 1 aliphatic heterocycles. The molecule has 0 spiro atoms. The number of hydrogen-bond donors (Lipinski definition) is 0. The highest BCUT2D eigenvalue weighted by Gasteiger charge is 2.23. The second-order valence-electron chi connectivity index (χ2n) is 6.34. The van der Waals surface area contributed by atoms with Gasteiger partial charge in [-0.15, -0.1) is 11.8 Å². The molecule has 0 aliphatic carbocycles. The number of amides is 1. The van der Waals surface area contributed by atoms with E-state index in [1.807, 2.05) is 33.6 Å². The van der Waals surface area contributed by atoms with Crippen molar-refractivity contribution in [1.82, 2.24) is 14.7 Å². The highest BCUT2D eigenvalue weighted by atomic mass is 32.2. The van der Waals surface area contributed by atoms with Gasteiger partial charge in [-0.05, 0) is 43.9 Å². The minimum absolute atomic E-state index is 0.293. The van der Waals surface area contributed by atoms with E-state index in [-0.39, 0.29) is 0 Å². The van der Waals surface area contributed by atoms with E-state index in [9.17, 15) is 4.79 Å². The van der Waals surface area contributed by atoms with E-state index < -0.39 is 0 Å². The van der Waals surface area contributed by atoms with Gasteiger partial charge in [0, 0.05) is 48.6 Å². The number of benzene rings is 1. The zero-order valence-electron chi connectivity index (χ0n) is 14.2. The van der Waals surface area contributed by atoms with Crippen LogP contribution >= 0.6 is 11.8 Å². The van der Waals surface area contributed by atoms with E-state index in [2.05, 4.69) is 36.3 Å². The molecule has 1 aliphatic rings. The summed E-state index contributed by atoms with van der Waals surface area (Å²) < 4.78 is 1.89. The molecular weight excluding hydrogens is 318 g/mol.